The molecule has 2 aromatic heterocycles. The number of aromatic nitrogens is 2. The van der Waals surface area contributed by atoms with Crippen molar-refractivity contribution in [3.63, 3.8) is 0 Å². The van der Waals surface area contributed by atoms with E-state index >= 15 is 0 Å². The van der Waals surface area contributed by atoms with E-state index in [1.165, 1.54) is 6.07 Å². The molecular weight excluding hydrogens is 270 g/mol. The molecule has 0 aliphatic heterocycles. The van der Waals surface area contributed by atoms with Crippen molar-refractivity contribution >= 4 is 11.5 Å². The van der Waals surface area contributed by atoms with Gasteiger partial charge in [0.15, 0.2) is 0 Å². The second kappa shape index (κ2) is 6.76. The van der Waals surface area contributed by atoms with Gasteiger partial charge >= 0.3 is 5.69 Å². The van der Waals surface area contributed by atoms with Crippen LogP contribution in [0.15, 0.2) is 36.8 Å². The maximum absolute atomic E-state index is 11.2. The van der Waals surface area contributed by atoms with Crippen LogP contribution < -0.4 is 5.32 Å². The second-order valence-corrected chi connectivity index (χ2v) is 4.81. The van der Waals surface area contributed by atoms with E-state index in [0.29, 0.717) is 17.9 Å². The highest BCUT2D eigenvalue weighted by atomic mass is 16.6. The Morgan fingerprint density at radius 1 is 1.29 bits per heavy atom. The first kappa shape index (κ1) is 14.9. The number of likely N-dealkylation sites (N-methyl/N-ethyl adjacent to an activating group) is 1. The highest BCUT2D eigenvalue weighted by Gasteiger charge is 2.16. The molecule has 0 fully saturated rings. The molecule has 2 aromatic rings. The fraction of sp³-hybridized carbons (Fsp3) is 0.286. The SMILES string of the molecule is CN(C)CCNc1ncc(-c2ccncc2)cc1[N+](=O)[O-]. The Balaban J connectivity index is 2.25. The van der Waals surface area contributed by atoms with Gasteiger partial charge in [-0.25, -0.2) is 4.98 Å². The number of nitrogens with one attached hydrogen (secondary N) is 1. The van der Waals surface area contributed by atoms with Crippen LogP contribution in [-0.2, 0) is 0 Å². The van der Waals surface area contributed by atoms with E-state index in [9.17, 15) is 10.1 Å². The van der Waals surface area contributed by atoms with Crippen LogP contribution in [0.4, 0.5) is 11.5 Å². The van der Waals surface area contributed by atoms with Crippen molar-refractivity contribution in [1.29, 1.82) is 0 Å². The average molecular weight is 287 g/mol. The number of anilines is 1. The number of hydrogen-bond acceptors (Lipinski definition) is 6. The second-order valence-electron chi connectivity index (χ2n) is 4.81. The fourth-order valence-corrected chi connectivity index (χ4v) is 1.83. The van der Waals surface area contributed by atoms with Gasteiger partial charge < -0.3 is 10.2 Å². The number of rotatable bonds is 6. The molecule has 2 rings (SSSR count). The number of nitro groups is 1. The summed E-state index contributed by atoms with van der Waals surface area (Å²) in [5.41, 5.74) is 1.52. The van der Waals surface area contributed by atoms with E-state index in [1.807, 2.05) is 19.0 Å². The number of pyridine rings is 2. The van der Waals surface area contributed by atoms with Crippen molar-refractivity contribution in [3.05, 3.63) is 46.9 Å². The van der Waals surface area contributed by atoms with Gasteiger partial charge in [0.1, 0.15) is 0 Å². The summed E-state index contributed by atoms with van der Waals surface area (Å²) in [7, 11) is 3.88. The molecule has 7 heteroatoms. The Hall–Kier alpha value is -2.54. The molecule has 0 aromatic carbocycles. The molecule has 0 saturated heterocycles. The molecule has 0 spiro atoms. The van der Waals surface area contributed by atoms with Gasteiger partial charge in [-0.1, -0.05) is 0 Å². The minimum Gasteiger partial charge on any atom is -0.363 e. The van der Waals surface area contributed by atoms with Crippen LogP contribution >= 0.6 is 0 Å². The Morgan fingerprint density at radius 2 is 2.00 bits per heavy atom. The van der Waals surface area contributed by atoms with Crippen LogP contribution in [-0.4, -0.2) is 47.0 Å². The zero-order valence-electron chi connectivity index (χ0n) is 12.0. The Morgan fingerprint density at radius 3 is 2.62 bits per heavy atom. The lowest BCUT2D eigenvalue weighted by atomic mass is 10.1. The minimum atomic E-state index is -0.421. The summed E-state index contributed by atoms with van der Waals surface area (Å²) >= 11 is 0. The summed E-state index contributed by atoms with van der Waals surface area (Å²) in [6.07, 6.45) is 4.91. The predicted octanol–water partition coefficient (Wildman–Crippen LogP) is 2.03. The smallest absolute Gasteiger partial charge is 0.311 e. The maximum Gasteiger partial charge on any atom is 0.311 e. The van der Waals surface area contributed by atoms with Crippen LogP contribution in [0.25, 0.3) is 11.1 Å². The van der Waals surface area contributed by atoms with E-state index in [0.717, 1.165) is 12.1 Å². The van der Waals surface area contributed by atoms with Crippen molar-refractivity contribution in [2.45, 2.75) is 0 Å². The molecule has 2 heterocycles. The zero-order chi connectivity index (χ0) is 15.2. The standard InChI is InChI=1S/C14H17N5O2/c1-18(2)8-7-16-14-13(19(20)21)9-12(10-17-14)11-3-5-15-6-4-11/h3-6,9-10H,7-8H2,1-2H3,(H,16,17). The molecule has 0 aliphatic rings. The molecule has 110 valence electrons. The van der Waals surface area contributed by atoms with Crippen molar-refractivity contribution in [2.75, 3.05) is 32.5 Å². The Labute approximate surface area is 122 Å². The van der Waals surface area contributed by atoms with E-state index in [4.69, 9.17) is 0 Å². The van der Waals surface area contributed by atoms with Gasteiger partial charge in [-0.3, -0.25) is 15.1 Å². The normalized spacial score (nSPS) is 10.6. The lowest BCUT2D eigenvalue weighted by Crippen LogP contribution is -2.21. The van der Waals surface area contributed by atoms with Crippen LogP contribution in [0.2, 0.25) is 0 Å². The molecule has 21 heavy (non-hydrogen) atoms. The molecule has 0 saturated carbocycles. The first-order chi connectivity index (χ1) is 10.1. The third-order valence-electron chi connectivity index (χ3n) is 2.93. The molecule has 7 nitrogen and oxygen atoms in total. The summed E-state index contributed by atoms with van der Waals surface area (Å²) in [6, 6.07) is 5.11. The van der Waals surface area contributed by atoms with Crippen LogP contribution in [0, 0.1) is 10.1 Å². The summed E-state index contributed by atoms with van der Waals surface area (Å²) in [4.78, 5) is 20.9. The van der Waals surface area contributed by atoms with Crippen LogP contribution in [0.5, 0.6) is 0 Å². The van der Waals surface area contributed by atoms with E-state index < -0.39 is 4.92 Å². The molecular formula is C14H17N5O2. The molecule has 0 unspecified atom stereocenters. The zero-order valence-corrected chi connectivity index (χ0v) is 12.0. The summed E-state index contributed by atoms with van der Waals surface area (Å²) < 4.78 is 0. The van der Waals surface area contributed by atoms with Crippen LogP contribution in [0.3, 0.4) is 0 Å². The number of hydrogen-bond donors (Lipinski definition) is 1. The van der Waals surface area contributed by atoms with Crippen molar-refractivity contribution < 1.29 is 4.92 Å². The highest BCUT2D eigenvalue weighted by molar-refractivity contribution is 5.69. The van der Waals surface area contributed by atoms with E-state index in [-0.39, 0.29) is 5.69 Å². The largest absolute Gasteiger partial charge is 0.363 e. The van der Waals surface area contributed by atoms with E-state index in [1.54, 1.807) is 30.7 Å². The number of nitrogens with zero attached hydrogens (tertiary/aromatic N) is 4. The molecule has 0 atom stereocenters. The molecule has 0 bridgehead atoms. The monoisotopic (exact) mass is 287 g/mol. The van der Waals surface area contributed by atoms with Gasteiger partial charge in [-0.2, -0.15) is 0 Å². The topological polar surface area (TPSA) is 84.2 Å². The van der Waals surface area contributed by atoms with Crippen molar-refractivity contribution in [1.82, 2.24) is 14.9 Å². The van der Waals surface area contributed by atoms with E-state index in [2.05, 4.69) is 15.3 Å². The van der Waals surface area contributed by atoms with Gasteiger partial charge in [0.2, 0.25) is 5.82 Å². The van der Waals surface area contributed by atoms with Gasteiger partial charge in [-0.15, -0.1) is 0 Å². The molecule has 1 N–H and O–H groups in total. The van der Waals surface area contributed by atoms with Crippen molar-refractivity contribution in [3.8, 4) is 11.1 Å². The first-order valence-corrected chi connectivity index (χ1v) is 6.51. The van der Waals surface area contributed by atoms with Crippen molar-refractivity contribution in [2.24, 2.45) is 0 Å². The third kappa shape index (κ3) is 3.96. The van der Waals surface area contributed by atoms with Gasteiger partial charge in [0.25, 0.3) is 0 Å². The molecule has 0 radical (unpaired) electrons. The lowest BCUT2D eigenvalue weighted by molar-refractivity contribution is -0.384. The Bertz CT molecular complexity index is 616. The highest BCUT2D eigenvalue weighted by Crippen LogP contribution is 2.27. The summed E-state index contributed by atoms with van der Waals surface area (Å²) in [6.45, 7) is 1.36. The van der Waals surface area contributed by atoms with Gasteiger partial charge in [-0.05, 0) is 31.8 Å². The lowest BCUT2D eigenvalue weighted by Gasteiger charge is -2.11. The first-order valence-electron chi connectivity index (χ1n) is 6.51. The Kier molecular flexibility index (Phi) is 4.78. The average Bonchev–Trinajstić information content (AvgIpc) is 2.48. The third-order valence-corrected chi connectivity index (χ3v) is 2.93. The predicted molar refractivity (Wildman–Crippen MR) is 81.2 cm³/mol. The maximum atomic E-state index is 11.2. The van der Waals surface area contributed by atoms with Gasteiger partial charge in [0.05, 0.1) is 4.92 Å². The summed E-state index contributed by atoms with van der Waals surface area (Å²) in [5, 5.41) is 14.2. The van der Waals surface area contributed by atoms with Gasteiger partial charge in [0, 0.05) is 43.3 Å². The summed E-state index contributed by atoms with van der Waals surface area (Å²) in [5.74, 6) is 0.291. The quantitative estimate of drug-likeness (QED) is 0.646. The molecule has 0 aliphatic carbocycles. The molecule has 0 amide bonds. The van der Waals surface area contributed by atoms with Crippen LogP contribution in [0.1, 0.15) is 0 Å². The fourth-order valence-electron chi connectivity index (χ4n) is 1.83. The minimum absolute atomic E-state index is 0.0249.